The Morgan fingerprint density at radius 1 is 0.897 bits per heavy atom. The number of ether oxygens (including phenoxy) is 3. The average molecular weight is 528 g/mol. The standard InChI is InChI=1S/C32H37N3O4/c1-6-32(7-2,22-8-13-25(14-9-22)37-27-17-12-24(20-33)34-21-27)23-10-15-26(16-11-23)38-28-18-29(19-28)39-30(36)35-31(3,4)5/h8-17,21,28-29H,6-7,18-19H2,1-5H3,(H,35,36). The monoisotopic (exact) mass is 527 g/mol. The molecule has 4 rings (SSSR count). The highest BCUT2D eigenvalue weighted by Crippen LogP contribution is 2.40. The van der Waals surface area contributed by atoms with E-state index in [4.69, 9.17) is 19.5 Å². The van der Waals surface area contributed by atoms with Crippen molar-refractivity contribution in [2.24, 2.45) is 0 Å². The molecular weight excluding hydrogens is 490 g/mol. The molecule has 0 unspecified atom stereocenters. The molecule has 0 atom stereocenters. The number of carbonyl (C=O) groups is 1. The highest BCUT2D eigenvalue weighted by molar-refractivity contribution is 5.68. The van der Waals surface area contributed by atoms with Crippen LogP contribution in [-0.2, 0) is 10.2 Å². The molecule has 1 heterocycles. The predicted molar refractivity (Wildman–Crippen MR) is 150 cm³/mol. The number of benzene rings is 2. The molecule has 1 aromatic heterocycles. The van der Waals surface area contributed by atoms with Gasteiger partial charge < -0.3 is 19.5 Å². The normalized spacial score (nSPS) is 16.9. The van der Waals surface area contributed by atoms with Crippen molar-refractivity contribution >= 4 is 6.09 Å². The fourth-order valence-electron chi connectivity index (χ4n) is 4.96. The van der Waals surface area contributed by atoms with Gasteiger partial charge in [-0.25, -0.2) is 9.78 Å². The van der Waals surface area contributed by atoms with E-state index in [0.717, 1.165) is 18.6 Å². The zero-order chi connectivity index (χ0) is 28.0. The summed E-state index contributed by atoms with van der Waals surface area (Å²) in [7, 11) is 0. The second-order valence-electron chi connectivity index (χ2n) is 11.0. The highest BCUT2D eigenvalue weighted by Gasteiger charge is 2.35. The van der Waals surface area contributed by atoms with Crippen LogP contribution in [0.4, 0.5) is 4.79 Å². The van der Waals surface area contributed by atoms with Gasteiger partial charge in [-0.3, -0.25) is 0 Å². The third-order valence-corrected chi connectivity index (χ3v) is 7.21. The van der Waals surface area contributed by atoms with Crippen molar-refractivity contribution in [3.8, 4) is 23.3 Å². The number of hydrogen-bond donors (Lipinski definition) is 1. The lowest BCUT2D eigenvalue weighted by Gasteiger charge is -2.36. The number of rotatable bonds is 9. The number of nitrogens with one attached hydrogen (secondary N) is 1. The molecule has 1 amide bonds. The summed E-state index contributed by atoms with van der Waals surface area (Å²) in [6, 6.07) is 21.9. The third kappa shape index (κ3) is 6.88. The van der Waals surface area contributed by atoms with Crippen LogP contribution in [0.15, 0.2) is 66.9 Å². The maximum atomic E-state index is 12.0. The molecule has 204 valence electrons. The molecule has 1 saturated carbocycles. The SMILES string of the molecule is CCC(CC)(c1ccc(Oc2ccc(C#N)nc2)cc1)c1ccc(OC2CC(OC(=O)NC(C)(C)C)C2)cc1. The van der Waals surface area contributed by atoms with Crippen LogP contribution in [0.1, 0.15) is 77.1 Å². The second kappa shape index (κ2) is 11.8. The van der Waals surface area contributed by atoms with Crippen molar-refractivity contribution in [1.29, 1.82) is 5.26 Å². The maximum absolute atomic E-state index is 12.0. The lowest BCUT2D eigenvalue weighted by Crippen LogP contribution is -2.46. The summed E-state index contributed by atoms with van der Waals surface area (Å²) >= 11 is 0. The first-order valence-corrected chi connectivity index (χ1v) is 13.5. The first-order chi connectivity index (χ1) is 18.6. The van der Waals surface area contributed by atoms with Gasteiger partial charge in [0.2, 0.25) is 0 Å². The van der Waals surface area contributed by atoms with Crippen molar-refractivity contribution in [3.63, 3.8) is 0 Å². The minimum atomic E-state index is -0.378. The number of nitriles is 1. The largest absolute Gasteiger partial charge is 0.490 e. The lowest BCUT2D eigenvalue weighted by atomic mass is 9.70. The molecule has 0 saturated heterocycles. The fraction of sp³-hybridized carbons (Fsp3) is 0.406. The predicted octanol–water partition coefficient (Wildman–Crippen LogP) is 7.29. The topological polar surface area (TPSA) is 93.5 Å². The maximum Gasteiger partial charge on any atom is 0.407 e. The van der Waals surface area contributed by atoms with E-state index in [9.17, 15) is 4.79 Å². The van der Waals surface area contributed by atoms with Crippen LogP contribution in [0.25, 0.3) is 0 Å². The zero-order valence-corrected chi connectivity index (χ0v) is 23.4. The zero-order valence-electron chi connectivity index (χ0n) is 23.4. The van der Waals surface area contributed by atoms with Crippen LogP contribution in [0, 0.1) is 11.3 Å². The first-order valence-electron chi connectivity index (χ1n) is 13.5. The molecule has 39 heavy (non-hydrogen) atoms. The van der Waals surface area contributed by atoms with E-state index < -0.39 is 0 Å². The molecule has 0 radical (unpaired) electrons. The van der Waals surface area contributed by atoms with Crippen LogP contribution in [-0.4, -0.2) is 28.8 Å². The first kappa shape index (κ1) is 28.0. The lowest BCUT2D eigenvalue weighted by molar-refractivity contribution is -0.0243. The number of aromatic nitrogens is 1. The molecule has 1 fully saturated rings. The molecule has 7 heteroatoms. The number of carbonyl (C=O) groups excluding carboxylic acids is 1. The summed E-state index contributed by atoms with van der Waals surface area (Å²) < 4.78 is 17.5. The van der Waals surface area contributed by atoms with E-state index in [1.165, 1.54) is 11.1 Å². The van der Waals surface area contributed by atoms with Crippen LogP contribution < -0.4 is 14.8 Å². The van der Waals surface area contributed by atoms with Crippen molar-refractivity contribution in [2.75, 3.05) is 0 Å². The number of pyridine rings is 1. The minimum Gasteiger partial charge on any atom is -0.490 e. The molecule has 7 nitrogen and oxygen atoms in total. The van der Waals surface area contributed by atoms with Gasteiger partial charge in [0.1, 0.15) is 41.2 Å². The van der Waals surface area contributed by atoms with Crippen molar-refractivity contribution < 1.29 is 19.0 Å². The summed E-state index contributed by atoms with van der Waals surface area (Å²) in [5.74, 6) is 2.13. The van der Waals surface area contributed by atoms with Gasteiger partial charge in [0.15, 0.2) is 0 Å². The van der Waals surface area contributed by atoms with Crippen molar-refractivity contribution in [2.45, 2.75) is 83.5 Å². The highest BCUT2D eigenvalue weighted by atomic mass is 16.6. The Bertz CT molecular complexity index is 1280. The smallest absolute Gasteiger partial charge is 0.407 e. The molecule has 0 aliphatic heterocycles. The van der Waals surface area contributed by atoms with Gasteiger partial charge in [0.25, 0.3) is 0 Å². The van der Waals surface area contributed by atoms with Crippen LogP contribution in [0.5, 0.6) is 17.2 Å². The molecule has 1 aliphatic carbocycles. The summed E-state index contributed by atoms with van der Waals surface area (Å²) in [6.07, 6.45) is 4.40. The van der Waals surface area contributed by atoms with Gasteiger partial charge in [0.05, 0.1) is 6.20 Å². The van der Waals surface area contributed by atoms with Gasteiger partial charge in [-0.1, -0.05) is 38.1 Å². The Labute approximate surface area is 231 Å². The Hall–Kier alpha value is -4.05. The van der Waals surface area contributed by atoms with E-state index in [2.05, 4.69) is 48.4 Å². The molecule has 1 N–H and O–H groups in total. The van der Waals surface area contributed by atoms with Gasteiger partial charge in [-0.05, 0) is 81.1 Å². The van der Waals surface area contributed by atoms with Gasteiger partial charge in [0, 0.05) is 23.8 Å². The number of nitrogens with zero attached hydrogens (tertiary/aromatic N) is 2. The summed E-state index contributed by atoms with van der Waals surface area (Å²) in [4.78, 5) is 16.0. The number of alkyl carbamates (subject to hydrolysis) is 1. The van der Waals surface area contributed by atoms with E-state index >= 15 is 0 Å². The van der Waals surface area contributed by atoms with Gasteiger partial charge >= 0.3 is 6.09 Å². The fourth-order valence-corrected chi connectivity index (χ4v) is 4.96. The Morgan fingerprint density at radius 2 is 1.46 bits per heavy atom. The van der Waals surface area contributed by atoms with E-state index in [-0.39, 0.29) is 29.3 Å². The summed E-state index contributed by atoms with van der Waals surface area (Å²) in [6.45, 7) is 10.2. The van der Waals surface area contributed by atoms with E-state index in [1.807, 2.05) is 51.1 Å². The molecular formula is C32H37N3O4. The van der Waals surface area contributed by atoms with Crippen molar-refractivity contribution in [3.05, 3.63) is 83.7 Å². The molecule has 0 bridgehead atoms. The quantitative estimate of drug-likeness (QED) is 0.314. The van der Waals surface area contributed by atoms with Crippen LogP contribution in [0.2, 0.25) is 0 Å². The van der Waals surface area contributed by atoms with E-state index in [1.54, 1.807) is 18.3 Å². The number of amides is 1. The average Bonchev–Trinajstić information content (AvgIpc) is 2.89. The molecule has 0 spiro atoms. The van der Waals surface area contributed by atoms with Crippen LogP contribution in [0.3, 0.4) is 0 Å². The molecule has 1 aliphatic rings. The Morgan fingerprint density at radius 3 is 1.95 bits per heavy atom. The summed E-state index contributed by atoms with van der Waals surface area (Å²) in [5.41, 5.74) is 2.36. The molecule has 2 aromatic carbocycles. The van der Waals surface area contributed by atoms with Gasteiger partial charge in [-0.15, -0.1) is 0 Å². The van der Waals surface area contributed by atoms with E-state index in [0.29, 0.717) is 30.0 Å². The minimum absolute atomic E-state index is 0.0456. The van der Waals surface area contributed by atoms with Crippen molar-refractivity contribution in [1.82, 2.24) is 10.3 Å². The van der Waals surface area contributed by atoms with Gasteiger partial charge in [-0.2, -0.15) is 5.26 Å². The Kier molecular flexibility index (Phi) is 8.44. The second-order valence-corrected chi connectivity index (χ2v) is 11.0. The third-order valence-electron chi connectivity index (χ3n) is 7.21. The molecule has 3 aromatic rings. The number of hydrogen-bond acceptors (Lipinski definition) is 6. The Balaban J connectivity index is 1.37. The van der Waals surface area contributed by atoms with Crippen LogP contribution >= 0.6 is 0 Å². The summed E-state index contributed by atoms with van der Waals surface area (Å²) in [5, 5.41) is 11.7.